The van der Waals surface area contributed by atoms with E-state index >= 15 is 0 Å². The highest BCUT2D eigenvalue weighted by molar-refractivity contribution is 9.28. The fourth-order valence-corrected chi connectivity index (χ4v) is 2.74. The monoisotopic (exact) mass is 481 g/mol. The third-order valence-corrected chi connectivity index (χ3v) is 3.84. The first kappa shape index (κ1) is 20.2. The fourth-order valence-electron chi connectivity index (χ4n) is 2.21. The lowest BCUT2D eigenvalue weighted by Crippen LogP contribution is -2.19. The standard InChI is InChI=1S/C19H17Br2NO4/c1-24-19(23)18(22-25-2)16-6-4-3-5-14(16)12-26-15-9-7-13(8-10-15)11-17(20)21/h3-11H,12H2,1-2H3/b22-18+. The minimum atomic E-state index is -0.573. The second kappa shape index (κ2) is 10.1. The van der Waals surface area contributed by atoms with Gasteiger partial charge in [0.25, 0.3) is 0 Å². The van der Waals surface area contributed by atoms with Gasteiger partial charge in [-0.05, 0) is 61.2 Å². The number of methoxy groups -OCH3 is 1. The van der Waals surface area contributed by atoms with Crippen molar-refractivity contribution in [2.45, 2.75) is 6.61 Å². The minimum Gasteiger partial charge on any atom is -0.489 e. The molecule has 0 saturated carbocycles. The van der Waals surface area contributed by atoms with E-state index in [0.717, 1.165) is 14.5 Å². The van der Waals surface area contributed by atoms with E-state index in [9.17, 15) is 4.79 Å². The molecule has 7 heteroatoms. The number of oxime groups is 1. The lowest BCUT2D eigenvalue weighted by molar-refractivity contribution is -0.132. The molecule has 0 atom stereocenters. The molecule has 0 spiro atoms. The first-order valence-corrected chi connectivity index (χ1v) is 9.17. The number of hydrogen-bond donors (Lipinski definition) is 0. The lowest BCUT2D eigenvalue weighted by Gasteiger charge is -2.12. The highest BCUT2D eigenvalue weighted by Crippen LogP contribution is 2.21. The minimum absolute atomic E-state index is 0.0943. The van der Waals surface area contributed by atoms with Crippen molar-refractivity contribution in [1.82, 2.24) is 0 Å². The fraction of sp³-hybridized carbons (Fsp3) is 0.158. The summed E-state index contributed by atoms with van der Waals surface area (Å²) in [6.07, 6.45) is 1.93. The largest absolute Gasteiger partial charge is 0.489 e. The molecule has 0 saturated heterocycles. The van der Waals surface area contributed by atoms with E-state index in [1.54, 1.807) is 6.07 Å². The van der Waals surface area contributed by atoms with Gasteiger partial charge in [-0.1, -0.05) is 41.6 Å². The van der Waals surface area contributed by atoms with Gasteiger partial charge in [-0.3, -0.25) is 0 Å². The Bertz CT molecular complexity index is 813. The molecule has 0 fully saturated rings. The van der Waals surface area contributed by atoms with Crippen molar-refractivity contribution in [2.24, 2.45) is 5.16 Å². The Hall–Kier alpha value is -2.12. The van der Waals surface area contributed by atoms with E-state index in [2.05, 4.69) is 37.0 Å². The predicted octanol–water partition coefficient (Wildman–Crippen LogP) is 4.88. The molecule has 0 aliphatic heterocycles. The zero-order valence-electron chi connectivity index (χ0n) is 14.2. The third kappa shape index (κ3) is 5.71. The molecule has 0 aromatic heterocycles. The number of rotatable bonds is 7. The average Bonchev–Trinajstić information content (AvgIpc) is 2.65. The summed E-state index contributed by atoms with van der Waals surface area (Å²) in [4.78, 5) is 16.7. The summed E-state index contributed by atoms with van der Waals surface area (Å²) in [6, 6.07) is 14.9. The van der Waals surface area contributed by atoms with Gasteiger partial charge in [0.15, 0.2) is 5.71 Å². The van der Waals surface area contributed by atoms with Crippen LogP contribution in [0.2, 0.25) is 0 Å². The van der Waals surface area contributed by atoms with Crippen molar-refractivity contribution >= 4 is 49.6 Å². The van der Waals surface area contributed by atoms with Crippen LogP contribution < -0.4 is 4.74 Å². The zero-order chi connectivity index (χ0) is 18.9. The molecule has 0 bridgehead atoms. The Morgan fingerprint density at radius 2 is 1.77 bits per heavy atom. The quantitative estimate of drug-likeness (QED) is 0.320. The van der Waals surface area contributed by atoms with Crippen LogP contribution in [0.25, 0.3) is 6.08 Å². The molecule has 136 valence electrons. The number of nitrogens with zero attached hydrogens (tertiary/aromatic N) is 1. The maximum absolute atomic E-state index is 12.0. The lowest BCUT2D eigenvalue weighted by atomic mass is 10.0. The van der Waals surface area contributed by atoms with E-state index in [0.29, 0.717) is 11.3 Å². The molecule has 0 unspecified atom stereocenters. The van der Waals surface area contributed by atoms with Gasteiger partial charge in [-0.15, -0.1) is 0 Å². The normalized spacial score (nSPS) is 10.8. The first-order chi connectivity index (χ1) is 12.5. The van der Waals surface area contributed by atoms with Gasteiger partial charge < -0.3 is 14.3 Å². The number of carbonyl (C=O) groups excluding carboxylic acids is 1. The highest BCUT2D eigenvalue weighted by atomic mass is 79.9. The van der Waals surface area contributed by atoms with E-state index < -0.39 is 5.97 Å². The van der Waals surface area contributed by atoms with Crippen LogP contribution >= 0.6 is 31.9 Å². The highest BCUT2D eigenvalue weighted by Gasteiger charge is 2.19. The predicted molar refractivity (Wildman–Crippen MR) is 109 cm³/mol. The van der Waals surface area contributed by atoms with Gasteiger partial charge in [0.1, 0.15) is 19.5 Å². The van der Waals surface area contributed by atoms with Crippen molar-refractivity contribution in [3.8, 4) is 5.75 Å². The first-order valence-electron chi connectivity index (χ1n) is 7.58. The molecule has 5 nitrogen and oxygen atoms in total. The topological polar surface area (TPSA) is 57.1 Å². The zero-order valence-corrected chi connectivity index (χ0v) is 17.4. The van der Waals surface area contributed by atoms with Crippen LogP contribution in [0.5, 0.6) is 5.75 Å². The summed E-state index contributed by atoms with van der Waals surface area (Å²) in [5.41, 5.74) is 2.52. The second-order valence-corrected chi connectivity index (χ2v) is 7.84. The maximum atomic E-state index is 12.0. The summed E-state index contributed by atoms with van der Waals surface area (Å²) >= 11 is 6.66. The van der Waals surface area contributed by atoms with Crippen LogP contribution in [0, 0.1) is 0 Å². The molecule has 2 aromatic carbocycles. The van der Waals surface area contributed by atoms with Crippen LogP contribution in [0.3, 0.4) is 0 Å². The van der Waals surface area contributed by atoms with Crippen molar-refractivity contribution in [3.05, 3.63) is 68.6 Å². The molecule has 0 N–H and O–H groups in total. The maximum Gasteiger partial charge on any atom is 0.360 e. The number of hydrogen-bond acceptors (Lipinski definition) is 5. The molecule has 0 heterocycles. The summed E-state index contributed by atoms with van der Waals surface area (Å²) < 4.78 is 11.5. The number of carbonyl (C=O) groups is 1. The second-order valence-electron chi connectivity index (χ2n) is 5.06. The van der Waals surface area contributed by atoms with Crippen LogP contribution in [0.15, 0.2) is 57.1 Å². The van der Waals surface area contributed by atoms with Crippen LogP contribution in [0.1, 0.15) is 16.7 Å². The molecule has 0 aliphatic carbocycles. The van der Waals surface area contributed by atoms with Gasteiger partial charge in [0.2, 0.25) is 0 Å². The van der Waals surface area contributed by atoms with Crippen LogP contribution in [0.4, 0.5) is 0 Å². The Balaban J connectivity index is 2.19. The summed E-state index contributed by atoms with van der Waals surface area (Å²) in [5.74, 6) is 0.140. The van der Waals surface area contributed by atoms with Gasteiger partial charge in [0, 0.05) is 5.56 Å². The number of halogens is 2. The number of esters is 1. The number of ether oxygens (including phenoxy) is 2. The molecular weight excluding hydrogens is 466 g/mol. The summed E-state index contributed by atoms with van der Waals surface area (Å²) in [5, 5.41) is 3.79. The van der Waals surface area contributed by atoms with E-state index in [-0.39, 0.29) is 12.3 Å². The van der Waals surface area contributed by atoms with Crippen molar-refractivity contribution < 1.29 is 19.1 Å². The summed E-state index contributed by atoms with van der Waals surface area (Å²) in [7, 11) is 2.68. The van der Waals surface area contributed by atoms with Crippen molar-refractivity contribution in [1.29, 1.82) is 0 Å². The van der Waals surface area contributed by atoms with Crippen molar-refractivity contribution in [2.75, 3.05) is 14.2 Å². The third-order valence-electron chi connectivity index (χ3n) is 3.38. The molecule has 2 aromatic rings. The van der Waals surface area contributed by atoms with Gasteiger partial charge in [-0.25, -0.2) is 4.79 Å². The Labute approximate surface area is 168 Å². The van der Waals surface area contributed by atoms with Crippen LogP contribution in [-0.4, -0.2) is 25.9 Å². The summed E-state index contributed by atoms with van der Waals surface area (Å²) in [6.45, 7) is 0.271. The van der Waals surface area contributed by atoms with Gasteiger partial charge >= 0.3 is 5.97 Å². The molecule has 2 rings (SSSR count). The smallest absolute Gasteiger partial charge is 0.360 e. The van der Waals surface area contributed by atoms with Gasteiger partial charge in [0.05, 0.1) is 10.5 Å². The van der Waals surface area contributed by atoms with Crippen molar-refractivity contribution in [3.63, 3.8) is 0 Å². The Morgan fingerprint density at radius 1 is 1.08 bits per heavy atom. The molecule has 0 radical (unpaired) electrons. The molecule has 0 aliphatic rings. The Kier molecular flexibility index (Phi) is 7.87. The SMILES string of the molecule is CO/N=C(/C(=O)OC)c1ccccc1COc1ccc(C=C(Br)Br)cc1. The average molecular weight is 483 g/mol. The van der Waals surface area contributed by atoms with E-state index in [4.69, 9.17) is 14.3 Å². The number of benzene rings is 2. The molecule has 0 amide bonds. The van der Waals surface area contributed by atoms with E-state index in [1.807, 2.05) is 48.5 Å². The van der Waals surface area contributed by atoms with E-state index in [1.165, 1.54) is 14.2 Å². The Morgan fingerprint density at radius 3 is 2.38 bits per heavy atom. The van der Waals surface area contributed by atoms with Gasteiger partial charge in [-0.2, -0.15) is 0 Å². The molecule has 26 heavy (non-hydrogen) atoms. The molecular formula is C19H17Br2NO4. The van der Waals surface area contributed by atoms with Crippen LogP contribution in [-0.2, 0) is 21.0 Å².